The Kier molecular flexibility index (Phi) is 9.07. The van der Waals surface area contributed by atoms with Crippen LogP contribution >= 0.6 is 0 Å². The van der Waals surface area contributed by atoms with Crippen molar-refractivity contribution in [3.05, 3.63) is 12.2 Å². The van der Waals surface area contributed by atoms with Crippen LogP contribution in [-0.4, -0.2) is 44.4 Å². The average Bonchev–Trinajstić information content (AvgIpc) is 2.38. The lowest BCUT2D eigenvalue weighted by atomic mass is 10.2. The number of nitrogens with two attached hydrogens (primary N) is 1. The van der Waals surface area contributed by atoms with Crippen LogP contribution in [0.1, 0.15) is 19.8 Å². The minimum Gasteiger partial charge on any atom is -0.374 e. The molecule has 0 saturated heterocycles. The molecule has 19 heavy (non-hydrogen) atoms. The first-order valence-corrected chi connectivity index (χ1v) is 6.18. The number of amides is 1. The second-order valence-electron chi connectivity index (χ2n) is 3.96. The van der Waals surface area contributed by atoms with Gasteiger partial charge >= 0.3 is 0 Å². The van der Waals surface area contributed by atoms with Gasteiger partial charge in [-0.3, -0.25) is 20.5 Å². The predicted molar refractivity (Wildman–Crippen MR) is 78.3 cm³/mol. The van der Waals surface area contributed by atoms with E-state index in [0.717, 1.165) is 19.4 Å². The Morgan fingerprint density at radius 3 is 2.74 bits per heavy atom. The highest BCUT2D eigenvalue weighted by atomic mass is 16.2. The summed E-state index contributed by atoms with van der Waals surface area (Å²) in [5, 5.41) is 15.4. The summed E-state index contributed by atoms with van der Waals surface area (Å²) in [4.78, 5) is 15.5. The summed E-state index contributed by atoms with van der Waals surface area (Å²) in [5.74, 6) is 0.540. The van der Waals surface area contributed by atoms with Gasteiger partial charge in [0, 0.05) is 20.6 Å². The second kappa shape index (κ2) is 10.1. The van der Waals surface area contributed by atoms with Crippen LogP contribution in [-0.2, 0) is 4.79 Å². The van der Waals surface area contributed by atoms with Gasteiger partial charge in [-0.1, -0.05) is 12.2 Å². The smallest absolute Gasteiger partial charge is 0.247 e. The molecule has 1 amide bonds. The monoisotopic (exact) mass is 268 g/mol. The zero-order valence-corrected chi connectivity index (χ0v) is 11.8. The standard InChI is InChI=1S/C12H24N6O/c1-9(13)17-8-6-4-5-7-10(14)11(19)18-12(15-2)16-3/h5,7,10H,4,6,8,14H2,1-3H3,(H2,13,17)(H2,15,16,18,19)/b7-5-/t10-/m0/s1. The lowest BCUT2D eigenvalue weighted by Gasteiger charge is -2.10. The SMILES string of the molecule is C/N=C(\NC)NC(=O)[C@@H](N)/C=C\CCCNC(C)=N. The van der Waals surface area contributed by atoms with Crippen molar-refractivity contribution >= 4 is 17.7 Å². The fraction of sp³-hybridized carbons (Fsp3) is 0.583. The van der Waals surface area contributed by atoms with E-state index in [2.05, 4.69) is 20.9 Å². The summed E-state index contributed by atoms with van der Waals surface area (Å²) in [5.41, 5.74) is 5.71. The van der Waals surface area contributed by atoms with Crippen molar-refractivity contribution < 1.29 is 4.79 Å². The average molecular weight is 268 g/mol. The number of allylic oxidation sites excluding steroid dienone is 1. The fourth-order valence-electron chi connectivity index (χ4n) is 1.26. The molecule has 0 heterocycles. The Labute approximate surface area is 114 Å². The zero-order valence-electron chi connectivity index (χ0n) is 11.8. The molecule has 0 radical (unpaired) electrons. The van der Waals surface area contributed by atoms with E-state index in [1.54, 1.807) is 27.1 Å². The molecule has 1 atom stereocenters. The molecule has 0 spiro atoms. The number of hydrogen-bond donors (Lipinski definition) is 5. The Hall–Kier alpha value is -1.89. The highest BCUT2D eigenvalue weighted by Crippen LogP contribution is 1.92. The fourth-order valence-corrected chi connectivity index (χ4v) is 1.26. The van der Waals surface area contributed by atoms with Gasteiger partial charge in [0.15, 0.2) is 5.96 Å². The lowest BCUT2D eigenvalue weighted by molar-refractivity contribution is -0.120. The van der Waals surface area contributed by atoms with Gasteiger partial charge in [0.1, 0.15) is 6.04 Å². The number of unbranched alkanes of at least 4 members (excludes halogenated alkanes) is 1. The Bertz CT molecular complexity index is 350. The third-order valence-corrected chi connectivity index (χ3v) is 2.29. The number of hydrogen-bond acceptors (Lipinski definition) is 4. The molecule has 0 fully saturated rings. The van der Waals surface area contributed by atoms with Crippen LogP contribution in [0.5, 0.6) is 0 Å². The molecular weight excluding hydrogens is 244 g/mol. The predicted octanol–water partition coefficient (Wildman–Crippen LogP) is -0.442. The van der Waals surface area contributed by atoms with E-state index >= 15 is 0 Å². The Morgan fingerprint density at radius 1 is 1.53 bits per heavy atom. The van der Waals surface area contributed by atoms with Gasteiger partial charge in [-0.2, -0.15) is 0 Å². The van der Waals surface area contributed by atoms with Crippen LogP contribution in [0.2, 0.25) is 0 Å². The first kappa shape index (κ1) is 17.1. The molecule has 0 rings (SSSR count). The zero-order chi connectivity index (χ0) is 14.7. The summed E-state index contributed by atoms with van der Waals surface area (Å²) in [6.45, 7) is 2.44. The molecule has 0 aliphatic carbocycles. The maximum Gasteiger partial charge on any atom is 0.247 e. The van der Waals surface area contributed by atoms with Crippen LogP contribution in [0, 0.1) is 5.41 Å². The molecule has 0 aromatic heterocycles. The molecular formula is C12H24N6O. The van der Waals surface area contributed by atoms with Crippen molar-refractivity contribution in [2.24, 2.45) is 10.7 Å². The summed E-state index contributed by atoms with van der Waals surface area (Å²) >= 11 is 0. The number of carbonyl (C=O) groups is 1. The normalized spacial score (nSPS) is 13.2. The van der Waals surface area contributed by atoms with E-state index in [1.807, 2.05) is 6.08 Å². The molecule has 108 valence electrons. The van der Waals surface area contributed by atoms with Crippen LogP contribution in [0.15, 0.2) is 17.1 Å². The highest BCUT2D eigenvalue weighted by molar-refractivity contribution is 5.99. The van der Waals surface area contributed by atoms with Crippen molar-refractivity contribution in [2.75, 3.05) is 20.6 Å². The largest absolute Gasteiger partial charge is 0.374 e. The van der Waals surface area contributed by atoms with E-state index in [4.69, 9.17) is 11.1 Å². The van der Waals surface area contributed by atoms with Gasteiger partial charge < -0.3 is 16.4 Å². The maximum atomic E-state index is 11.6. The molecule has 0 aromatic carbocycles. The summed E-state index contributed by atoms with van der Waals surface area (Å²) in [6, 6.07) is -0.692. The minimum atomic E-state index is -0.692. The Morgan fingerprint density at radius 2 is 2.21 bits per heavy atom. The van der Waals surface area contributed by atoms with Crippen molar-refractivity contribution in [1.29, 1.82) is 5.41 Å². The van der Waals surface area contributed by atoms with Crippen molar-refractivity contribution in [3.63, 3.8) is 0 Å². The number of nitrogens with zero attached hydrogens (tertiary/aromatic N) is 1. The van der Waals surface area contributed by atoms with Gasteiger partial charge in [0.2, 0.25) is 5.91 Å². The third kappa shape index (κ3) is 8.78. The van der Waals surface area contributed by atoms with Crippen LogP contribution in [0.3, 0.4) is 0 Å². The molecule has 7 heteroatoms. The highest BCUT2D eigenvalue weighted by Gasteiger charge is 2.10. The molecule has 0 unspecified atom stereocenters. The van der Waals surface area contributed by atoms with Crippen LogP contribution < -0.4 is 21.7 Å². The lowest BCUT2D eigenvalue weighted by Crippen LogP contribution is -2.46. The van der Waals surface area contributed by atoms with E-state index in [9.17, 15) is 4.79 Å². The molecule has 7 nitrogen and oxygen atoms in total. The number of rotatable bonds is 6. The number of nitrogens with one attached hydrogen (secondary N) is 4. The molecule has 0 aliphatic rings. The van der Waals surface area contributed by atoms with Crippen LogP contribution in [0.25, 0.3) is 0 Å². The van der Waals surface area contributed by atoms with Gasteiger partial charge in [0.05, 0.1) is 5.84 Å². The van der Waals surface area contributed by atoms with Gasteiger partial charge in [-0.15, -0.1) is 0 Å². The van der Waals surface area contributed by atoms with E-state index in [-0.39, 0.29) is 5.91 Å². The Balaban J connectivity index is 3.92. The number of guanidine groups is 1. The quantitative estimate of drug-likeness (QED) is 0.194. The molecule has 6 N–H and O–H groups in total. The molecule has 0 saturated carbocycles. The van der Waals surface area contributed by atoms with Crippen LogP contribution in [0.4, 0.5) is 0 Å². The van der Waals surface area contributed by atoms with Gasteiger partial charge in [-0.05, 0) is 19.8 Å². The van der Waals surface area contributed by atoms with E-state index < -0.39 is 6.04 Å². The summed E-state index contributed by atoms with van der Waals surface area (Å²) in [6.07, 6.45) is 5.23. The summed E-state index contributed by atoms with van der Waals surface area (Å²) in [7, 11) is 3.24. The maximum absolute atomic E-state index is 11.6. The first-order chi connectivity index (χ1) is 9.01. The van der Waals surface area contributed by atoms with Crippen molar-refractivity contribution in [1.82, 2.24) is 16.0 Å². The summed E-state index contributed by atoms with van der Waals surface area (Å²) < 4.78 is 0. The van der Waals surface area contributed by atoms with Crippen molar-refractivity contribution in [2.45, 2.75) is 25.8 Å². The molecule has 0 aromatic rings. The van der Waals surface area contributed by atoms with Crippen molar-refractivity contribution in [3.8, 4) is 0 Å². The number of aliphatic imine (C=N–C) groups is 1. The number of carbonyl (C=O) groups excluding carboxylic acids is 1. The van der Waals surface area contributed by atoms with E-state index in [0.29, 0.717) is 11.8 Å². The van der Waals surface area contributed by atoms with Gasteiger partial charge in [-0.25, -0.2) is 0 Å². The van der Waals surface area contributed by atoms with E-state index in [1.165, 1.54) is 0 Å². The molecule has 0 aliphatic heterocycles. The molecule has 0 bridgehead atoms. The van der Waals surface area contributed by atoms with Gasteiger partial charge in [0.25, 0.3) is 0 Å². The minimum absolute atomic E-state index is 0.306. The third-order valence-electron chi connectivity index (χ3n) is 2.29. The number of amidine groups is 1. The topological polar surface area (TPSA) is 115 Å². The first-order valence-electron chi connectivity index (χ1n) is 6.18. The second-order valence-corrected chi connectivity index (χ2v) is 3.96.